The first kappa shape index (κ1) is 18.8. The van der Waals surface area contributed by atoms with Crippen LogP contribution < -0.4 is 10.9 Å². The summed E-state index contributed by atoms with van der Waals surface area (Å²) in [5.41, 5.74) is 3.55. The molecule has 3 aromatic heterocycles. The predicted octanol–water partition coefficient (Wildman–Crippen LogP) is 4.71. The van der Waals surface area contributed by atoms with Gasteiger partial charge in [0.15, 0.2) is 4.96 Å². The number of thiophene rings is 1. The number of rotatable bonds is 4. The third kappa shape index (κ3) is 3.25. The van der Waals surface area contributed by atoms with Crippen LogP contribution >= 0.6 is 22.7 Å². The average Bonchev–Trinajstić information content (AvgIpc) is 3.27. The molecule has 0 unspecified atom stereocenters. The number of imidazole rings is 1. The summed E-state index contributed by atoms with van der Waals surface area (Å²) in [6, 6.07) is 9.28. The number of carbonyl (C=O) groups is 1. The minimum absolute atomic E-state index is 0.0878. The monoisotopic (exact) mass is 411 g/mol. The van der Waals surface area contributed by atoms with Crippen molar-refractivity contribution in [2.45, 2.75) is 33.7 Å². The van der Waals surface area contributed by atoms with Crippen molar-refractivity contribution < 1.29 is 4.79 Å². The molecule has 7 heteroatoms. The third-order valence-electron chi connectivity index (χ3n) is 4.94. The van der Waals surface area contributed by atoms with Crippen LogP contribution in [0.25, 0.3) is 16.0 Å². The number of nitrogens with one attached hydrogen (secondary N) is 1. The summed E-state index contributed by atoms with van der Waals surface area (Å²) < 4.78 is 1.59. The van der Waals surface area contributed by atoms with Gasteiger partial charge in [0.1, 0.15) is 4.88 Å². The van der Waals surface area contributed by atoms with Gasteiger partial charge in [-0.25, -0.2) is 4.98 Å². The fraction of sp³-hybridized carbons (Fsp3) is 0.286. The first-order valence-electron chi connectivity index (χ1n) is 9.13. The lowest BCUT2D eigenvalue weighted by Crippen LogP contribution is -2.31. The molecule has 28 heavy (non-hydrogen) atoms. The van der Waals surface area contributed by atoms with Crippen molar-refractivity contribution in [1.82, 2.24) is 14.7 Å². The molecule has 1 atom stereocenters. The van der Waals surface area contributed by atoms with E-state index in [4.69, 9.17) is 0 Å². The Morgan fingerprint density at radius 1 is 1.18 bits per heavy atom. The Bertz CT molecular complexity index is 1240. The van der Waals surface area contributed by atoms with Crippen molar-refractivity contribution in [3.8, 4) is 0 Å². The minimum Gasteiger partial charge on any atom is -0.343 e. The van der Waals surface area contributed by atoms with Crippen LogP contribution in [0, 0.1) is 19.8 Å². The molecule has 1 N–H and O–H groups in total. The molecule has 0 bridgehead atoms. The molecule has 0 aliphatic heterocycles. The summed E-state index contributed by atoms with van der Waals surface area (Å²) in [7, 11) is 0. The summed E-state index contributed by atoms with van der Waals surface area (Å²) in [4.78, 5) is 32.3. The highest BCUT2D eigenvalue weighted by molar-refractivity contribution is 7.18. The Morgan fingerprint density at radius 2 is 1.93 bits per heavy atom. The minimum atomic E-state index is -0.240. The van der Waals surface area contributed by atoms with Crippen LogP contribution in [0.1, 0.15) is 45.6 Å². The summed E-state index contributed by atoms with van der Waals surface area (Å²) in [6.45, 7) is 8.18. The Morgan fingerprint density at radius 3 is 2.61 bits per heavy atom. The van der Waals surface area contributed by atoms with E-state index in [-0.39, 0.29) is 23.4 Å². The van der Waals surface area contributed by atoms with E-state index >= 15 is 0 Å². The molecule has 0 aliphatic rings. The molecule has 0 spiro atoms. The van der Waals surface area contributed by atoms with Crippen molar-refractivity contribution in [3.63, 3.8) is 0 Å². The van der Waals surface area contributed by atoms with E-state index in [0.29, 0.717) is 9.84 Å². The second-order valence-electron chi connectivity index (χ2n) is 7.31. The molecule has 5 nitrogen and oxygen atoms in total. The molecular weight excluding hydrogens is 390 g/mol. The standard InChI is InChI=1S/C21H21N3O2S2/c1-11(2)19(16-6-5-7-27-16)23-20(26)17-10-18(25)24-15-9-13(4)12(3)8-14(15)22-21(24)28-17/h5-11,19H,1-4H3,(H,23,26)/t19-/m0/s1. The molecule has 0 radical (unpaired) electrons. The maximum Gasteiger partial charge on any atom is 0.262 e. The number of carbonyl (C=O) groups excluding carboxylic acids is 1. The molecule has 0 aliphatic carbocycles. The summed E-state index contributed by atoms with van der Waals surface area (Å²) >= 11 is 2.86. The fourth-order valence-corrected chi connectivity index (χ4v) is 5.14. The second kappa shape index (κ2) is 7.14. The molecule has 4 rings (SSSR count). The molecule has 0 saturated carbocycles. The van der Waals surface area contributed by atoms with Crippen LogP contribution in [-0.2, 0) is 0 Å². The Labute approximate surface area is 170 Å². The summed E-state index contributed by atoms with van der Waals surface area (Å²) in [5.74, 6) is -0.000802. The van der Waals surface area contributed by atoms with Gasteiger partial charge in [-0.1, -0.05) is 31.3 Å². The number of aryl methyl sites for hydroxylation is 2. The molecule has 1 aromatic carbocycles. The molecular formula is C21H21N3O2S2. The lowest BCUT2D eigenvalue weighted by Gasteiger charge is -2.21. The van der Waals surface area contributed by atoms with E-state index < -0.39 is 0 Å². The van der Waals surface area contributed by atoms with E-state index in [1.165, 1.54) is 17.4 Å². The van der Waals surface area contributed by atoms with Gasteiger partial charge in [0.2, 0.25) is 0 Å². The van der Waals surface area contributed by atoms with Crippen molar-refractivity contribution in [2.75, 3.05) is 0 Å². The highest BCUT2D eigenvalue weighted by Gasteiger charge is 2.22. The second-order valence-corrected chi connectivity index (χ2v) is 9.30. The molecule has 4 aromatic rings. The van der Waals surface area contributed by atoms with Gasteiger partial charge < -0.3 is 5.32 Å². The van der Waals surface area contributed by atoms with E-state index in [2.05, 4.69) is 24.1 Å². The van der Waals surface area contributed by atoms with E-state index in [1.54, 1.807) is 15.7 Å². The quantitative estimate of drug-likeness (QED) is 0.529. The van der Waals surface area contributed by atoms with Gasteiger partial charge in [0.25, 0.3) is 11.5 Å². The van der Waals surface area contributed by atoms with Crippen LogP contribution in [0.2, 0.25) is 0 Å². The first-order chi connectivity index (χ1) is 13.3. The number of nitrogens with zero attached hydrogens (tertiary/aromatic N) is 2. The number of aromatic nitrogens is 2. The zero-order chi connectivity index (χ0) is 20.0. The molecule has 3 heterocycles. The van der Waals surface area contributed by atoms with E-state index in [9.17, 15) is 9.59 Å². The fourth-order valence-electron chi connectivity index (χ4n) is 3.26. The highest BCUT2D eigenvalue weighted by atomic mass is 32.1. The maximum atomic E-state index is 12.9. The van der Waals surface area contributed by atoms with Gasteiger partial charge in [-0.2, -0.15) is 0 Å². The van der Waals surface area contributed by atoms with Crippen LogP contribution in [0.3, 0.4) is 0 Å². The Kier molecular flexibility index (Phi) is 4.81. The van der Waals surface area contributed by atoms with Crippen molar-refractivity contribution in [2.24, 2.45) is 5.92 Å². The highest BCUT2D eigenvalue weighted by Crippen LogP contribution is 2.27. The van der Waals surface area contributed by atoms with Crippen LogP contribution in [-0.4, -0.2) is 15.3 Å². The number of fused-ring (bicyclic) bond motifs is 3. The zero-order valence-electron chi connectivity index (χ0n) is 16.1. The molecule has 0 saturated heterocycles. The van der Waals surface area contributed by atoms with Crippen molar-refractivity contribution >= 4 is 44.6 Å². The van der Waals surface area contributed by atoms with Crippen LogP contribution in [0.4, 0.5) is 0 Å². The number of hydrogen-bond acceptors (Lipinski definition) is 5. The smallest absolute Gasteiger partial charge is 0.262 e. The maximum absolute atomic E-state index is 12.9. The first-order valence-corrected chi connectivity index (χ1v) is 10.8. The Balaban J connectivity index is 1.76. The largest absolute Gasteiger partial charge is 0.343 e. The molecule has 1 amide bonds. The van der Waals surface area contributed by atoms with Gasteiger partial charge in [-0.05, 0) is 54.5 Å². The summed E-state index contributed by atoms with van der Waals surface area (Å²) in [5, 5.41) is 5.09. The van der Waals surface area contributed by atoms with Gasteiger partial charge in [-0.3, -0.25) is 14.0 Å². The van der Waals surface area contributed by atoms with Gasteiger partial charge >= 0.3 is 0 Å². The normalized spacial score (nSPS) is 12.8. The Hall–Kier alpha value is -2.51. The predicted molar refractivity (Wildman–Crippen MR) is 116 cm³/mol. The lowest BCUT2D eigenvalue weighted by atomic mass is 10.0. The lowest BCUT2D eigenvalue weighted by molar-refractivity contribution is 0.0930. The SMILES string of the molecule is Cc1cc2nc3sc(C(=O)N[C@H](c4cccs4)C(C)C)cc(=O)n3c2cc1C. The van der Waals surface area contributed by atoms with E-state index in [1.807, 2.05) is 43.5 Å². The van der Waals surface area contributed by atoms with Gasteiger partial charge in [-0.15, -0.1) is 11.3 Å². The van der Waals surface area contributed by atoms with E-state index in [0.717, 1.165) is 27.0 Å². The zero-order valence-corrected chi connectivity index (χ0v) is 17.8. The van der Waals surface area contributed by atoms with Crippen LogP contribution in [0.5, 0.6) is 0 Å². The van der Waals surface area contributed by atoms with Gasteiger partial charge in [0, 0.05) is 10.9 Å². The average molecular weight is 412 g/mol. The van der Waals surface area contributed by atoms with Crippen molar-refractivity contribution in [1.29, 1.82) is 0 Å². The van der Waals surface area contributed by atoms with Crippen LogP contribution in [0.15, 0.2) is 40.5 Å². The van der Waals surface area contributed by atoms with Gasteiger partial charge in [0.05, 0.1) is 17.1 Å². The number of benzene rings is 1. The molecule has 144 valence electrons. The number of amides is 1. The summed E-state index contributed by atoms with van der Waals surface area (Å²) in [6.07, 6.45) is 0. The molecule has 0 fully saturated rings. The third-order valence-corrected chi connectivity index (χ3v) is 6.88. The number of hydrogen-bond donors (Lipinski definition) is 1. The van der Waals surface area contributed by atoms with Crippen molar-refractivity contribution in [3.05, 3.63) is 66.9 Å². The topological polar surface area (TPSA) is 63.5 Å².